The van der Waals surface area contributed by atoms with Gasteiger partial charge in [-0.05, 0) is 74.7 Å². The van der Waals surface area contributed by atoms with Crippen LogP contribution in [0.4, 0.5) is 0 Å². The molecule has 3 aliphatic carbocycles. The smallest absolute Gasteiger partial charge is 0.0101 e. The number of unbranched alkanes of at least 4 members (excludes halogenated alkanes) is 1. The van der Waals surface area contributed by atoms with Crippen molar-refractivity contribution >= 4 is 0 Å². The lowest BCUT2D eigenvalue weighted by molar-refractivity contribution is 0.344. The lowest BCUT2D eigenvalue weighted by Crippen LogP contribution is -2.34. The Kier molecular flexibility index (Phi) is 3.66. The van der Waals surface area contributed by atoms with Crippen LogP contribution in [0.1, 0.15) is 51.9 Å². The van der Waals surface area contributed by atoms with Gasteiger partial charge in [0, 0.05) is 12.5 Å². The van der Waals surface area contributed by atoms with E-state index in [4.69, 9.17) is 6.42 Å². The molecule has 5 atom stereocenters. The second kappa shape index (κ2) is 5.25. The molecule has 0 amide bonds. The first-order chi connectivity index (χ1) is 8.86. The third-order valence-electron chi connectivity index (χ3n) is 5.75. The molecule has 5 unspecified atom stereocenters. The minimum atomic E-state index is 0.775. The van der Waals surface area contributed by atoms with Gasteiger partial charge in [-0.1, -0.05) is 6.92 Å². The Morgan fingerprint density at radius 1 is 1.28 bits per heavy atom. The van der Waals surface area contributed by atoms with Crippen molar-refractivity contribution in [1.29, 1.82) is 0 Å². The van der Waals surface area contributed by atoms with Gasteiger partial charge in [0.25, 0.3) is 0 Å². The van der Waals surface area contributed by atoms with Crippen LogP contribution in [0.2, 0.25) is 0 Å². The second-order valence-electron chi connectivity index (χ2n) is 6.72. The molecule has 18 heavy (non-hydrogen) atoms. The summed E-state index contributed by atoms with van der Waals surface area (Å²) >= 11 is 0. The summed E-state index contributed by atoms with van der Waals surface area (Å²) in [6.07, 6.45) is 14.7. The normalized spacial score (nSPS) is 41.4. The van der Waals surface area contributed by atoms with Crippen LogP contribution in [0.25, 0.3) is 0 Å². The zero-order chi connectivity index (χ0) is 12.5. The van der Waals surface area contributed by atoms with Crippen molar-refractivity contribution in [1.82, 2.24) is 5.32 Å². The van der Waals surface area contributed by atoms with Crippen LogP contribution >= 0.6 is 0 Å². The third-order valence-corrected chi connectivity index (χ3v) is 5.75. The molecule has 1 heteroatoms. The molecule has 100 valence electrons. The minimum absolute atomic E-state index is 0.775. The van der Waals surface area contributed by atoms with Crippen LogP contribution in [0, 0.1) is 41.9 Å². The number of hydrogen-bond donors (Lipinski definition) is 1. The van der Waals surface area contributed by atoms with Crippen molar-refractivity contribution in [3.63, 3.8) is 0 Å². The quantitative estimate of drug-likeness (QED) is 0.535. The standard InChI is InChI=1S/C17H27N/c1-3-5-6-7-14(18-10-4-2)17-15-12-8-9-13(11-12)16(15)17/h1,12-18H,4-11H2,2H3. The number of nitrogens with one attached hydrogen (secondary N) is 1. The van der Waals surface area contributed by atoms with Crippen molar-refractivity contribution < 1.29 is 0 Å². The molecule has 0 aromatic carbocycles. The summed E-state index contributed by atoms with van der Waals surface area (Å²) in [5.41, 5.74) is 0. The Hall–Kier alpha value is -0.480. The van der Waals surface area contributed by atoms with E-state index in [1.165, 1.54) is 38.6 Å². The fourth-order valence-electron chi connectivity index (χ4n) is 5.11. The first kappa shape index (κ1) is 12.5. The average molecular weight is 245 g/mol. The molecule has 0 spiro atoms. The monoisotopic (exact) mass is 245 g/mol. The molecule has 3 aliphatic rings. The van der Waals surface area contributed by atoms with E-state index in [1.807, 2.05) is 0 Å². The summed E-state index contributed by atoms with van der Waals surface area (Å²) < 4.78 is 0. The molecular formula is C17H27N. The maximum atomic E-state index is 5.38. The topological polar surface area (TPSA) is 12.0 Å². The highest BCUT2D eigenvalue weighted by Gasteiger charge is 2.66. The van der Waals surface area contributed by atoms with Crippen LogP contribution in [-0.4, -0.2) is 12.6 Å². The molecule has 0 aromatic rings. The van der Waals surface area contributed by atoms with E-state index in [9.17, 15) is 0 Å². The van der Waals surface area contributed by atoms with Crippen LogP contribution in [0.3, 0.4) is 0 Å². The van der Waals surface area contributed by atoms with Gasteiger partial charge in [0.15, 0.2) is 0 Å². The fourth-order valence-corrected chi connectivity index (χ4v) is 5.11. The predicted molar refractivity (Wildman–Crippen MR) is 76.1 cm³/mol. The highest BCUT2D eigenvalue weighted by molar-refractivity contribution is 5.15. The summed E-state index contributed by atoms with van der Waals surface area (Å²) in [5.74, 6) is 8.21. The third kappa shape index (κ3) is 2.10. The molecule has 0 aliphatic heterocycles. The Labute approximate surface area is 112 Å². The number of rotatable bonds is 7. The van der Waals surface area contributed by atoms with Gasteiger partial charge < -0.3 is 5.32 Å². The molecule has 3 fully saturated rings. The van der Waals surface area contributed by atoms with Crippen molar-refractivity contribution in [2.75, 3.05) is 6.54 Å². The Morgan fingerprint density at radius 2 is 2.00 bits per heavy atom. The highest BCUT2D eigenvalue weighted by atomic mass is 14.9. The summed E-state index contributed by atoms with van der Waals surface area (Å²) in [7, 11) is 0. The molecule has 0 aromatic heterocycles. The lowest BCUT2D eigenvalue weighted by atomic mass is 9.94. The lowest BCUT2D eigenvalue weighted by Gasteiger charge is -2.21. The summed E-state index contributed by atoms with van der Waals surface area (Å²) in [6.45, 7) is 3.45. The van der Waals surface area contributed by atoms with Gasteiger partial charge in [-0.15, -0.1) is 12.3 Å². The first-order valence-corrected chi connectivity index (χ1v) is 8.03. The van der Waals surface area contributed by atoms with E-state index in [2.05, 4.69) is 18.2 Å². The van der Waals surface area contributed by atoms with Gasteiger partial charge in [-0.25, -0.2) is 0 Å². The molecule has 2 bridgehead atoms. The average Bonchev–Trinajstić information content (AvgIpc) is 2.81. The molecule has 3 saturated carbocycles. The van der Waals surface area contributed by atoms with E-state index in [-0.39, 0.29) is 0 Å². The van der Waals surface area contributed by atoms with Crippen molar-refractivity contribution in [2.24, 2.45) is 29.6 Å². The second-order valence-corrected chi connectivity index (χ2v) is 6.72. The van der Waals surface area contributed by atoms with Crippen LogP contribution in [0.5, 0.6) is 0 Å². The first-order valence-electron chi connectivity index (χ1n) is 8.03. The largest absolute Gasteiger partial charge is 0.314 e. The van der Waals surface area contributed by atoms with Gasteiger partial charge >= 0.3 is 0 Å². The van der Waals surface area contributed by atoms with Crippen LogP contribution in [0.15, 0.2) is 0 Å². The van der Waals surface area contributed by atoms with Gasteiger partial charge in [-0.3, -0.25) is 0 Å². The maximum absolute atomic E-state index is 5.38. The highest BCUT2D eigenvalue weighted by Crippen LogP contribution is 2.70. The van der Waals surface area contributed by atoms with Crippen LogP contribution in [-0.2, 0) is 0 Å². The molecule has 1 N–H and O–H groups in total. The predicted octanol–water partition coefficient (Wildman–Crippen LogP) is 3.45. The zero-order valence-electron chi connectivity index (χ0n) is 11.7. The fraction of sp³-hybridized carbons (Fsp3) is 0.882. The Morgan fingerprint density at radius 3 is 2.61 bits per heavy atom. The van der Waals surface area contributed by atoms with Gasteiger partial charge in [0.05, 0.1) is 0 Å². The molecular weight excluding hydrogens is 218 g/mol. The van der Waals surface area contributed by atoms with Gasteiger partial charge in [0.1, 0.15) is 0 Å². The summed E-state index contributed by atoms with van der Waals surface area (Å²) in [5, 5.41) is 3.82. The SMILES string of the molecule is C#CCCCC(NCCC)C1C2C3CCC(C3)C21. The Balaban J connectivity index is 1.55. The number of hydrogen-bond acceptors (Lipinski definition) is 1. The van der Waals surface area contributed by atoms with E-state index in [1.54, 1.807) is 6.42 Å². The molecule has 0 radical (unpaired) electrons. The minimum Gasteiger partial charge on any atom is -0.314 e. The summed E-state index contributed by atoms with van der Waals surface area (Å²) in [6, 6.07) is 0.775. The zero-order valence-corrected chi connectivity index (χ0v) is 11.7. The summed E-state index contributed by atoms with van der Waals surface area (Å²) in [4.78, 5) is 0. The maximum Gasteiger partial charge on any atom is 0.0101 e. The van der Waals surface area contributed by atoms with E-state index in [0.717, 1.165) is 42.1 Å². The number of fused-ring (bicyclic) bond motifs is 5. The molecule has 3 rings (SSSR count). The molecule has 1 nitrogen and oxygen atoms in total. The molecule has 0 heterocycles. The van der Waals surface area contributed by atoms with E-state index < -0.39 is 0 Å². The van der Waals surface area contributed by atoms with Crippen molar-refractivity contribution in [2.45, 2.75) is 57.9 Å². The van der Waals surface area contributed by atoms with E-state index >= 15 is 0 Å². The van der Waals surface area contributed by atoms with Gasteiger partial charge in [0.2, 0.25) is 0 Å². The van der Waals surface area contributed by atoms with Gasteiger partial charge in [-0.2, -0.15) is 0 Å². The van der Waals surface area contributed by atoms with Crippen molar-refractivity contribution in [3.8, 4) is 12.3 Å². The number of terminal acetylenes is 1. The van der Waals surface area contributed by atoms with E-state index in [0.29, 0.717) is 0 Å². The molecule has 0 saturated heterocycles. The Bertz CT molecular complexity index is 313. The van der Waals surface area contributed by atoms with Crippen LogP contribution < -0.4 is 5.32 Å². The van der Waals surface area contributed by atoms with Crippen molar-refractivity contribution in [3.05, 3.63) is 0 Å².